The molecule has 2 heterocycles. The van der Waals surface area contributed by atoms with Gasteiger partial charge in [0.1, 0.15) is 0 Å². The lowest BCUT2D eigenvalue weighted by Gasteiger charge is -2.14. The molecular weight excluding hydrogens is 196 g/mol. The van der Waals surface area contributed by atoms with Gasteiger partial charge in [-0.3, -0.25) is 0 Å². The molecule has 0 amide bonds. The Morgan fingerprint density at radius 2 is 2.57 bits per heavy atom. The van der Waals surface area contributed by atoms with Crippen LogP contribution in [0.15, 0.2) is 18.3 Å². The van der Waals surface area contributed by atoms with Gasteiger partial charge in [-0.2, -0.15) is 11.8 Å². The molecule has 3 nitrogen and oxygen atoms in total. The van der Waals surface area contributed by atoms with Crippen LogP contribution in [0.5, 0.6) is 5.75 Å². The molecule has 1 aliphatic rings. The lowest BCUT2D eigenvalue weighted by molar-refractivity contribution is 0.414. The molecule has 0 saturated carbocycles. The highest BCUT2D eigenvalue weighted by atomic mass is 32.2. The lowest BCUT2D eigenvalue weighted by atomic mass is 10.2. The Kier molecular flexibility index (Phi) is 3.14. The molecule has 0 bridgehead atoms. The summed E-state index contributed by atoms with van der Waals surface area (Å²) in [6.45, 7) is 0. The van der Waals surface area contributed by atoms with E-state index in [-0.39, 0.29) is 0 Å². The Balaban J connectivity index is 2.07. The van der Waals surface area contributed by atoms with Crippen LogP contribution in [0.2, 0.25) is 0 Å². The molecule has 0 spiro atoms. The second-order valence-electron chi connectivity index (χ2n) is 3.26. The van der Waals surface area contributed by atoms with Gasteiger partial charge in [0, 0.05) is 18.0 Å². The van der Waals surface area contributed by atoms with E-state index >= 15 is 0 Å². The maximum Gasteiger partial charge on any atom is 0.168 e. The topological polar surface area (TPSA) is 34.1 Å². The molecule has 76 valence electrons. The van der Waals surface area contributed by atoms with Crippen molar-refractivity contribution in [2.45, 2.75) is 12.5 Å². The summed E-state index contributed by atoms with van der Waals surface area (Å²) in [5, 5.41) is 3.40. The van der Waals surface area contributed by atoms with E-state index < -0.39 is 0 Å². The highest BCUT2D eigenvalue weighted by molar-refractivity contribution is 7.99. The van der Waals surface area contributed by atoms with Gasteiger partial charge >= 0.3 is 0 Å². The average molecular weight is 210 g/mol. The van der Waals surface area contributed by atoms with Gasteiger partial charge in [-0.1, -0.05) is 0 Å². The van der Waals surface area contributed by atoms with E-state index in [0.717, 1.165) is 11.6 Å². The first-order valence-corrected chi connectivity index (χ1v) is 5.89. The van der Waals surface area contributed by atoms with Gasteiger partial charge in [-0.15, -0.1) is 0 Å². The predicted molar refractivity (Wildman–Crippen MR) is 60.1 cm³/mol. The number of nitrogens with one attached hydrogen (secondary N) is 1. The summed E-state index contributed by atoms with van der Waals surface area (Å²) in [6.07, 6.45) is 3.00. The normalized spacial score (nSPS) is 20.8. The minimum Gasteiger partial charge on any atom is -0.493 e. The Morgan fingerprint density at radius 3 is 3.29 bits per heavy atom. The maximum atomic E-state index is 5.22. The minimum atomic E-state index is 0.545. The van der Waals surface area contributed by atoms with E-state index in [1.165, 1.54) is 17.9 Å². The molecule has 0 aromatic carbocycles. The monoisotopic (exact) mass is 210 g/mol. The van der Waals surface area contributed by atoms with Crippen LogP contribution in [0.1, 0.15) is 6.42 Å². The van der Waals surface area contributed by atoms with Gasteiger partial charge in [-0.05, 0) is 24.3 Å². The molecule has 1 unspecified atom stereocenters. The molecule has 4 heteroatoms. The number of ether oxygens (including phenoxy) is 1. The number of hydrogen-bond donors (Lipinski definition) is 1. The fourth-order valence-electron chi connectivity index (χ4n) is 1.51. The van der Waals surface area contributed by atoms with Crippen molar-refractivity contribution in [3.05, 3.63) is 18.3 Å². The van der Waals surface area contributed by atoms with Crippen LogP contribution < -0.4 is 10.1 Å². The molecule has 1 aromatic heterocycles. The lowest BCUT2D eigenvalue weighted by Crippen LogP contribution is -2.19. The molecular formula is C10H14N2OS. The largest absolute Gasteiger partial charge is 0.493 e. The van der Waals surface area contributed by atoms with Crippen molar-refractivity contribution in [3.63, 3.8) is 0 Å². The average Bonchev–Trinajstić information content (AvgIpc) is 2.71. The Labute approximate surface area is 88.3 Å². The molecule has 1 N–H and O–H groups in total. The smallest absolute Gasteiger partial charge is 0.168 e. The van der Waals surface area contributed by atoms with Crippen LogP contribution in [0.3, 0.4) is 0 Å². The third kappa shape index (κ3) is 2.12. The molecule has 0 radical (unpaired) electrons. The van der Waals surface area contributed by atoms with Crippen LogP contribution in [0.25, 0.3) is 0 Å². The molecule has 1 aliphatic heterocycles. The van der Waals surface area contributed by atoms with Crippen LogP contribution in [-0.2, 0) is 0 Å². The maximum absolute atomic E-state index is 5.22. The fourth-order valence-corrected chi connectivity index (χ4v) is 2.66. The van der Waals surface area contributed by atoms with Gasteiger partial charge in [0.15, 0.2) is 11.6 Å². The quantitative estimate of drug-likeness (QED) is 0.827. The van der Waals surface area contributed by atoms with Crippen molar-refractivity contribution in [2.24, 2.45) is 0 Å². The van der Waals surface area contributed by atoms with E-state index in [0.29, 0.717) is 6.04 Å². The molecule has 0 aliphatic carbocycles. The van der Waals surface area contributed by atoms with Crippen molar-refractivity contribution in [2.75, 3.05) is 23.9 Å². The van der Waals surface area contributed by atoms with Crippen molar-refractivity contribution in [1.82, 2.24) is 4.98 Å². The van der Waals surface area contributed by atoms with Gasteiger partial charge in [0.25, 0.3) is 0 Å². The van der Waals surface area contributed by atoms with E-state index in [9.17, 15) is 0 Å². The first-order chi connectivity index (χ1) is 6.90. The first kappa shape index (κ1) is 9.65. The highest BCUT2D eigenvalue weighted by Crippen LogP contribution is 2.25. The number of anilines is 1. The number of nitrogens with zero attached hydrogens (tertiary/aromatic N) is 1. The molecule has 1 atom stereocenters. The van der Waals surface area contributed by atoms with E-state index in [2.05, 4.69) is 10.3 Å². The highest BCUT2D eigenvalue weighted by Gasteiger charge is 2.16. The van der Waals surface area contributed by atoms with Crippen LogP contribution >= 0.6 is 11.8 Å². The summed E-state index contributed by atoms with van der Waals surface area (Å²) >= 11 is 1.98. The Bertz CT molecular complexity index is 300. The van der Waals surface area contributed by atoms with E-state index in [1.807, 2.05) is 23.9 Å². The van der Waals surface area contributed by atoms with Gasteiger partial charge in [0.05, 0.1) is 7.11 Å². The second-order valence-corrected chi connectivity index (χ2v) is 4.41. The third-order valence-corrected chi connectivity index (χ3v) is 3.42. The van der Waals surface area contributed by atoms with E-state index in [4.69, 9.17) is 4.74 Å². The van der Waals surface area contributed by atoms with Crippen molar-refractivity contribution < 1.29 is 4.74 Å². The summed E-state index contributed by atoms with van der Waals surface area (Å²) < 4.78 is 5.22. The molecule has 14 heavy (non-hydrogen) atoms. The number of hydrogen-bond acceptors (Lipinski definition) is 4. The van der Waals surface area contributed by atoms with Crippen LogP contribution in [0.4, 0.5) is 5.82 Å². The minimum absolute atomic E-state index is 0.545. The second kappa shape index (κ2) is 4.55. The Morgan fingerprint density at radius 1 is 1.64 bits per heavy atom. The van der Waals surface area contributed by atoms with Crippen molar-refractivity contribution in [1.29, 1.82) is 0 Å². The summed E-state index contributed by atoms with van der Waals surface area (Å²) in [4.78, 5) is 4.27. The van der Waals surface area contributed by atoms with E-state index in [1.54, 1.807) is 13.3 Å². The number of methoxy groups -OCH3 is 1. The first-order valence-electron chi connectivity index (χ1n) is 4.73. The number of thioether (sulfide) groups is 1. The number of aromatic nitrogens is 1. The van der Waals surface area contributed by atoms with Crippen molar-refractivity contribution >= 4 is 17.6 Å². The summed E-state index contributed by atoms with van der Waals surface area (Å²) in [5.74, 6) is 4.10. The van der Waals surface area contributed by atoms with Crippen LogP contribution in [0, 0.1) is 0 Å². The summed E-state index contributed by atoms with van der Waals surface area (Å²) in [5.41, 5.74) is 0. The SMILES string of the molecule is COc1cccnc1NC1CCSC1. The van der Waals surface area contributed by atoms with Gasteiger partial charge in [0.2, 0.25) is 0 Å². The van der Waals surface area contributed by atoms with Crippen molar-refractivity contribution in [3.8, 4) is 5.75 Å². The van der Waals surface area contributed by atoms with Gasteiger partial charge in [-0.25, -0.2) is 4.98 Å². The standard InChI is InChI=1S/C10H14N2OS/c1-13-9-3-2-5-11-10(9)12-8-4-6-14-7-8/h2-3,5,8H,4,6-7H2,1H3,(H,11,12). The zero-order valence-corrected chi connectivity index (χ0v) is 9.01. The number of pyridine rings is 1. The predicted octanol–water partition coefficient (Wildman–Crippen LogP) is 2.01. The summed E-state index contributed by atoms with van der Waals surface area (Å²) in [7, 11) is 1.67. The third-order valence-electron chi connectivity index (χ3n) is 2.26. The van der Waals surface area contributed by atoms with Gasteiger partial charge < -0.3 is 10.1 Å². The Hall–Kier alpha value is -0.900. The van der Waals surface area contributed by atoms with Crippen LogP contribution in [-0.4, -0.2) is 29.6 Å². The number of rotatable bonds is 3. The fraction of sp³-hybridized carbons (Fsp3) is 0.500. The zero-order chi connectivity index (χ0) is 9.80. The summed E-state index contributed by atoms with van der Waals surface area (Å²) in [6, 6.07) is 4.36. The molecule has 1 fully saturated rings. The molecule has 1 saturated heterocycles. The zero-order valence-electron chi connectivity index (χ0n) is 8.19. The molecule has 1 aromatic rings. The molecule has 2 rings (SSSR count).